The molecule has 1 nitrogen and oxygen atoms in total. The van der Waals surface area contributed by atoms with Crippen molar-refractivity contribution < 1.29 is 0 Å². The van der Waals surface area contributed by atoms with Gasteiger partial charge in [-0.2, -0.15) is 0 Å². The number of hydrogen-bond acceptors (Lipinski definition) is 1. The van der Waals surface area contributed by atoms with Gasteiger partial charge < -0.3 is 4.57 Å². The fourth-order valence-electron chi connectivity index (χ4n) is 0.898. The lowest BCUT2D eigenvalue weighted by Crippen LogP contribution is -1.81. The van der Waals surface area contributed by atoms with Gasteiger partial charge in [-0.05, 0) is 29.6 Å². The molecule has 0 aromatic carbocycles. The third kappa shape index (κ3) is 0.866. The van der Waals surface area contributed by atoms with E-state index in [-0.39, 0.29) is 0 Å². The van der Waals surface area contributed by atoms with Gasteiger partial charge in [0.1, 0.15) is 0 Å². The molecule has 0 fully saturated rings. The van der Waals surface area contributed by atoms with Crippen molar-refractivity contribution in [2.75, 3.05) is 0 Å². The lowest BCUT2D eigenvalue weighted by atomic mass is 10.6. The van der Waals surface area contributed by atoms with Crippen LogP contribution in [-0.4, -0.2) is 4.57 Å². The summed E-state index contributed by atoms with van der Waals surface area (Å²) in [5.74, 6) is 0. The molecule has 2 heterocycles. The van der Waals surface area contributed by atoms with Crippen LogP contribution in [0.5, 0.6) is 0 Å². The Kier molecular flexibility index (Phi) is 1.32. The molecule has 2 heteroatoms. The summed E-state index contributed by atoms with van der Waals surface area (Å²) in [6, 6.07) is 8.21. The molecule has 2 aromatic rings. The average Bonchev–Trinajstić information content (AvgIpc) is 2.59. The van der Waals surface area contributed by atoms with Crippen molar-refractivity contribution in [1.29, 1.82) is 0 Å². The first kappa shape index (κ1) is 5.74. The Hall–Kier alpha value is -1.02. The summed E-state index contributed by atoms with van der Waals surface area (Å²) in [6.07, 6.45) is 4.09. The van der Waals surface area contributed by atoms with Gasteiger partial charge in [-0.1, -0.05) is 0 Å². The Morgan fingerprint density at radius 2 is 1.90 bits per heavy atom. The van der Waals surface area contributed by atoms with Gasteiger partial charge in [0.05, 0.1) is 5.00 Å². The number of nitrogens with zero attached hydrogens (tertiary/aromatic N) is 1. The molecule has 0 radical (unpaired) electrons. The quantitative estimate of drug-likeness (QED) is 0.587. The van der Waals surface area contributed by atoms with Crippen LogP contribution in [0.4, 0.5) is 0 Å². The molecular weight excluding hydrogens is 142 g/mol. The van der Waals surface area contributed by atoms with Crippen LogP contribution >= 0.6 is 11.3 Å². The lowest BCUT2D eigenvalue weighted by Gasteiger charge is -1.93. The van der Waals surface area contributed by atoms with Crippen molar-refractivity contribution in [1.82, 2.24) is 4.57 Å². The molecule has 2 rings (SSSR count). The molecule has 0 aliphatic heterocycles. The molecule has 0 unspecified atom stereocenters. The summed E-state index contributed by atoms with van der Waals surface area (Å²) in [6.45, 7) is 0. The first-order valence-electron chi connectivity index (χ1n) is 3.14. The Balaban J connectivity index is 2.48. The van der Waals surface area contributed by atoms with Crippen molar-refractivity contribution >= 4 is 11.3 Å². The zero-order chi connectivity index (χ0) is 6.81. The van der Waals surface area contributed by atoms with Crippen LogP contribution in [0.25, 0.3) is 5.00 Å². The monoisotopic (exact) mass is 149 g/mol. The second kappa shape index (κ2) is 2.31. The fraction of sp³-hybridized carbons (Fsp3) is 0. The molecule has 0 N–H and O–H groups in total. The second-order valence-electron chi connectivity index (χ2n) is 2.04. The smallest absolute Gasteiger partial charge is 0.0989 e. The van der Waals surface area contributed by atoms with E-state index in [9.17, 15) is 0 Å². The van der Waals surface area contributed by atoms with Gasteiger partial charge in [-0.25, -0.2) is 0 Å². The van der Waals surface area contributed by atoms with Gasteiger partial charge in [-0.15, -0.1) is 11.3 Å². The topological polar surface area (TPSA) is 4.93 Å². The largest absolute Gasteiger partial charge is 0.316 e. The number of rotatable bonds is 1. The molecule has 2 aromatic heterocycles. The van der Waals surface area contributed by atoms with Crippen LogP contribution in [0.3, 0.4) is 0 Å². The van der Waals surface area contributed by atoms with E-state index in [1.165, 1.54) is 5.00 Å². The van der Waals surface area contributed by atoms with Gasteiger partial charge >= 0.3 is 0 Å². The highest BCUT2D eigenvalue weighted by Gasteiger charge is 1.91. The maximum absolute atomic E-state index is 2.10. The molecule has 0 atom stereocenters. The molecule has 0 spiro atoms. The Morgan fingerprint density at radius 1 is 1.10 bits per heavy atom. The van der Waals surface area contributed by atoms with E-state index in [0.29, 0.717) is 0 Å². The molecule has 0 amide bonds. The van der Waals surface area contributed by atoms with Gasteiger partial charge in [0.25, 0.3) is 0 Å². The highest BCUT2D eigenvalue weighted by molar-refractivity contribution is 7.12. The van der Waals surface area contributed by atoms with Crippen molar-refractivity contribution in [3.63, 3.8) is 0 Å². The summed E-state index contributed by atoms with van der Waals surface area (Å²) in [5, 5.41) is 3.35. The summed E-state index contributed by atoms with van der Waals surface area (Å²) >= 11 is 1.74. The first-order chi connectivity index (χ1) is 4.97. The zero-order valence-corrected chi connectivity index (χ0v) is 6.21. The zero-order valence-electron chi connectivity index (χ0n) is 5.40. The van der Waals surface area contributed by atoms with Crippen LogP contribution in [0.2, 0.25) is 0 Å². The first-order valence-corrected chi connectivity index (χ1v) is 4.01. The predicted molar refractivity (Wildman–Crippen MR) is 43.6 cm³/mol. The minimum absolute atomic E-state index is 1.27. The van der Waals surface area contributed by atoms with Crippen molar-refractivity contribution in [3.05, 3.63) is 42.0 Å². The fourth-order valence-corrected chi connectivity index (χ4v) is 1.60. The SMILES string of the molecule is c1csc(-n2cccc2)c1. The van der Waals surface area contributed by atoms with E-state index in [2.05, 4.69) is 22.1 Å². The Bertz CT molecular complexity index is 249. The lowest BCUT2D eigenvalue weighted by molar-refractivity contribution is 1.11. The van der Waals surface area contributed by atoms with E-state index in [1.807, 2.05) is 24.5 Å². The number of thiophene rings is 1. The van der Waals surface area contributed by atoms with Crippen LogP contribution in [0, 0.1) is 0 Å². The van der Waals surface area contributed by atoms with Gasteiger partial charge in [0.15, 0.2) is 0 Å². The van der Waals surface area contributed by atoms with Gasteiger partial charge in [0, 0.05) is 12.4 Å². The van der Waals surface area contributed by atoms with Crippen LogP contribution in [-0.2, 0) is 0 Å². The van der Waals surface area contributed by atoms with E-state index >= 15 is 0 Å². The standard InChI is InChI=1S/C8H7NS/c1-2-6-9(5-1)8-4-3-7-10-8/h1-7H. The molecule has 0 aliphatic rings. The van der Waals surface area contributed by atoms with E-state index in [0.717, 1.165) is 0 Å². The summed E-state index contributed by atoms with van der Waals surface area (Å²) in [4.78, 5) is 0. The molecule has 0 bridgehead atoms. The minimum Gasteiger partial charge on any atom is -0.316 e. The van der Waals surface area contributed by atoms with E-state index < -0.39 is 0 Å². The van der Waals surface area contributed by atoms with E-state index in [1.54, 1.807) is 11.3 Å². The molecule has 0 aliphatic carbocycles. The average molecular weight is 149 g/mol. The maximum Gasteiger partial charge on any atom is 0.0989 e. The highest BCUT2D eigenvalue weighted by atomic mass is 32.1. The summed E-state index contributed by atoms with van der Waals surface area (Å²) < 4.78 is 2.10. The van der Waals surface area contributed by atoms with Crippen molar-refractivity contribution in [2.45, 2.75) is 0 Å². The number of aromatic nitrogens is 1. The van der Waals surface area contributed by atoms with Crippen LogP contribution < -0.4 is 0 Å². The number of hydrogen-bond donors (Lipinski definition) is 0. The normalized spacial score (nSPS) is 10.0. The predicted octanol–water partition coefficient (Wildman–Crippen LogP) is 2.54. The third-order valence-corrected chi connectivity index (χ3v) is 2.25. The van der Waals surface area contributed by atoms with Crippen molar-refractivity contribution in [3.8, 4) is 5.00 Å². The summed E-state index contributed by atoms with van der Waals surface area (Å²) in [7, 11) is 0. The maximum atomic E-state index is 2.10. The molecule has 50 valence electrons. The summed E-state index contributed by atoms with van der Waals surface area (Å²) in [5.41, 5.74) is 0. The molecule has 0 saturated heterocycles. The van der Waals surface area contributed by atoms with Gasteiger partial charge in [-0.3, -0.25) is 0 Å². The Morgan fingerprint density at radius 3 is 2.50 bits per heavy atom. The Labute approximate surface area is 63.5 Å². The van der Waals surface area contributed by atoms with Gasteiger partial charge in [0.2, 0.25) is 0 Å². The molecule has 0 saturated carbocycles. The highest BCUT2D eigenvalue weighted by Crippen LogP contribution is 2.13. The molecule has 10 heavy (non-hydrogen) atoms. The van der Waals surface area contributed by atoms with E-state index in [4.69, 9.17) is 0 Å². The van der Waals surface area contributed by atoms with Crippen LogP contribution in [0.1, 0.15) is 0 Å². The molecular formula is C8H7NS. The van der Waals surface area contributed by atoms with Crippen molar-refractivity contribution in [2.24, 2.45) is 0 Å². The second-order valence-corrected chi connectivity index (χ2v) is 2.97. The van der Waals surface area contributed by atoms with Crippen LogP contribution in [0.15, 0.2) is 42.0 Å². The third-order valence-electron chi connectivity index (χ3n) is 1.37. The minimum atomic E-state index is 1.27.